The van der Waals surface area contributed by atoms with E-state index in [0.29, 0.717) is 7.47 Å². The van der Waals surface area contributed by atoms with Crippen molar-refractivity contribution < 1.29 is 0 Å². The molecule has 4 heteroatoms. The number of rotatable bonds is 6. The van der Waals surface area contributed by atoms with Crippen molar-refractivity contribution in [3.63, 3.8) is 0 Å². The molecule has 0 aliphatic heterocycles. The second kappa shape index (κ2) is 8.52. The molecular formula is C7H12Br4. The number of hydrogen-bond acceptors (Lipinski definition) is 0. The van der Waals surface area contributed by atoms with Crippen molar-refractivity contribution in [1.29, 1.82) is 0 Å². The van der Waals surface area contributed by atoms with Crippen molar-refractivity contribution in [2.45, 2.75) is 39.6 Å². The van der Waals surface area contributed by atoms with Crippen LogP contribution >= 0.6 is 63.7 Å². The molecule has 0 aromatic heterocycles. The van der Waals surface area contributed by atoms with E-state index in [1.807, 2.05) is 0 Å². The SMILES string of the molecule is BrC(Br)CCCCCC(Br)Br. The minimum absolute atomic E-state index is 0.499. The topological polar surface area (TPSA) is 0 Å². The average Bonchev–Trinajstić information content (AvgIpc) is 1.85. The van der Waals surface area contributed by atoms with Crippen LogP contribution in [0.2, 0.25) is 0 Å². The molecule has 0 aliphatic rings. The van der Waals surface area contributed by atoms with Crippen molar-refractivity contribution in [2.24, 2.45) is 0 Å². The fourth-order valence-electron chi connectivity index (χ4n) is 0.774. The van der Waals surface area contributed by atoms with Gasteiger partial charge in [0.15, 0.2) is 0 Å². The molecule has 0 fully saturated rings. The van der Waals surface area contributed by atoms with Gasteiger partial charge in [0.2, 0.25) is 0 Å². The zero-order chi connectivity index (χ0) is 8.69. The Hall–Kier alpha value is 1.92. The third-order valence-corrected chi connectivity index (χ3v) is 3.18. The fraction of sp³-hybridized carbons (Fsp3) is 1.00. The summed E-state index contributed by atoms with van der Waals surface area (Å²) in [6.07, 6.45) is 6.35. The summed E-state index contributed by atoms with van der Waals surface area (Å²) >= 11 is 13.8. The van der Waals surface area contributed by atoms with E-state index in [4.69, 9.17) is 0 Å². The first-order chi connectivity index (χ1) is 5.13. The van der Waals surface area contributed by atoms with Gasteiger partial charge in [-0.25, -0.2) is 0 Å². The fourth-order valence-corrected chi connectivity index (χ4v) is 2.07. The Morgan fingerprint density at radius 2 is 1.00 bits per heavy atom. The van der Waals surface area contributed by atoms with E-state index in [2.05, 4.69) is 63.7 Å². The van der Waals surface area contributed by atoms with Crippen LogP contribution < -0.4 is 0 Å². The van der Waals surface area contributed by atoms with Gasteiger partial charge in [0.25, 0.3) is 0 Å². The molecule has 68 valence electrons. The van der Waals surface area contributed by atoms with E-state index in [1.165, 1.54) is 32.1 Å². The van der Waals surface area contributed by atoms with Crippen LogP contribution in [0.1, 0.15) is 32.1 Å². The Kier molecular flexibility index (Phi) is 10.0. The van der Waals surface area contributed by atoms with Gasteiger partial charge in [-0.15, -0.1) is 0 Å². The highest BCUT2D eigenvalue weighted by molar-refractivity contribution is 9.25. The van der Waals surface area contributed by atoms with Crippen molar-refractivity contribution in [3.8, 4) is 0 Å². The van der Waals surface area contributed by atoms with Crippen molar-refractivity contribution >= 4 is 63.7 Å². The maximum atomic E-state index is 3.45. The molecule has 0 bridgehead atoms. The lowest BCUT2D eigenvalue weighted by Crippen LogP contribution is -1.88. The van der Waals surface area contributed by atoms with Gasteiger partial charge in [-0.3, -0.25) is 0 Å². The van der Waals surface area contributed by atoms with Crippen LogP contribution in [-0.4, -0.2) is 7.47 Å². The molecular weight excluding hydrogens is 404 g/mol. The van der Waals surface area contributed by atoms with Crippen LogP contribution in [-0.2, 0) is 0 Å². The molecule has 0 rings (SSSR count). The Balaban J connectivity index is 2.91. The molecule has 0 N–H and O–H groups in total. The maximum absolute atomic E-state index is 3.45. The van der Waals surface area contributed by atoms with Gasteiger partial charge < -0.3 is 0 Å². The third-order valence-electron chi connectivity index (χ3n) is 1.34. The van der Waals surface area contributed by atoms with Gasteiger partial charge in [0.05, 0.1) is 7.47 Å². The van der Waals surface area contributed by atoms with Crippen molar-refractivity contribution in [2.75, 3.05) is 0 Å². The maximum Gasteiger partial charge on any atom is 0.0697 e. The van der Waals surface area contributed by atoms with Gasteiger partial charge in [-0.1, -0.05) is 83.0 Å². The van der Waals surface area contributed by atoms with E-state index in [9.17, 15) is 0 Å². The highest BCUT2D eigenvalue weighted by Gasteiger charge is 1.99. The normalized spacial score (nSPS) is 11.5. The molecule has 0 heterocycles. The summed E-state index contributed by atoms with van der Waals surface area (Å²) in [6.45, 7) is 0. The minimum Gasteiger partial charge on any atom is -0.0765 e. The van der Waals surface area contributed by atoms with Crippen molar-refractivity contribution in [3.05, 3.63) is 0 Å². The van der Waals surface area contributed by atoms with E-state index in [0.717, 1.165) is 0 Å². The number of alkyl halides is 4. The van der Waals surface area contributed by atoms with Crippen LogP contribution in [0.25, 0.3) is 0 Å². The summed E-state index contributed by atoms with van der Waals surface area (Å²) in [7, 11) is 0. The van der Waals surface area contributed by atoms with E-state index < -0.39 is 0 Å². The molecule has 0 aromatic rings. The lowest BCUT2D eigenvalue weighted by Gasteiger charge is -2.02. The summed E-state index contributed by atoms with van der Waals surface area (Å²) in [4.78, 5) is 0. The Morgan fingerprint density at radius 1 is 0.636 bits per heavy atom. The van der Waals surface area contributed by atoms with Crippen LogP contribution in [0.15, 0.2) is 0 Å². The molecule has 0 atom stereocenters. The van der Waals surface area contributed by atoms with Gasteiger partial charge >= 0.3 is 0 Å². The van der Waals surface area contributed by atoms with Crippen LogP contribution in [0.4, 0.5) is 0 Å². The van der Waals surface area contributed by atoms with E-state index in [-0.39, 0.29) is 0 Å². The molecule has 0 radical (unpaired) electrons. The smallest absolute Gasteiger partial charge is 0.0697 e. The third kappa shape index (κ3) is 11.9. The molecule has 0 aromatic carbocycles. The number of unbranched alkanes of at least 4 members (excludes halogenated alkanes) is 2. The van der Waals surface area contributed by atoms with Gasteiger partial charge in [0.1, 0.15) is 0 Å². The predicted octanol–water partition coefficient (Wildman–Crippen LogP) is 5.17. The summed E-state index contributed by atoms with van der Waals surface area (Å²) in [5.74, 6) is 0. The monoisotopic (exact) mass is 412 g/mol. The quantitative estimate of drug-likeness (QED) is 0.415. The van der Waals surface area contributed by atoms with Crippen molar-refractivity contribution in [1.82, 2.24) is 0 Å². The van der Waals surface area contributed by atoms with Crippen LogP contribution in [0.5, 0.6) is 0 Å². The van der Waals surface area contributed by atoms with Crippen LogP contribution in [0, 0.1) is 0 Å². The first-order valence-corrected chi connectivity index (χ1v) is 7.35. The van der Waals surface area contributed by atoms with E-state index >= 15 is 0 Å². The Morgan fingerprint density at radius 3 is 1.27 bits per heavy atom. The zero-order valence-corrected chi connectivity index (χ0v) is 12.5. The van der Waals surface area contributed by atoms with Crippen LogP contribution in [0.3, 0.4) is 0 Å². The molecule has 0 saturated heterocycles. The lowest BCUT2D eigenvalue weighted by molar-refractivity contribution is 0.655. The summed E-state index contributed by atoms with van der Waals surface area (Å²) < 4.78 is 0.998. The number of hydrogen-bond donors (Lipinski definition) is 0. The molecule has 11 heavy (non-hydrogen) atoms. The molecule has 0 nitrogen and oxygen atoms in total. The van der Waals surface area contributed by atoms with Gasteiger partial charge in [-0.05, 0) is 12.8 Å². The van der Waals surface area contributed by atoms with Gasteiger partial charge in [-0.2, -0.15) is 0 Å². The number of halogens is 4. The zero-order valence-electron chi connectivity index (χ0n) is 6.20. The molecule has 0 spiro atoms. The summed E-state index contributed by atoms with van der Waals surface area (Å²) in [5.41, 5.74) is 0. The second-order valence-corrected chi connectivity index (χ2v) is 9.30. The highest BCUT2D eigenvalue weighted by atomic mass is 79.9. The summed E-state index contributed by atoms with van der Waals surface area (Å²) in [5, 5.41) is 0. The lowest BCUT2D eigenvalue weighted by atomic mass is 10.2. The Bertz CT molecular complexity index is 72.5. The predicted molar refractivity (Wildman–Crippen MR) is 66.4 cm³/mol. The van der Waals surface area contributed by atoms with Gasteiger partial charge in [0, 0.05) is 0 Å². The first-order valence-electron chi connectivity index (χ1n) is 3.69. The highest BCUT2D eigenvalue weighted by Crippen LogP contribution is 2.20. The standard InChI is InChI=1S/C7H12Br4/c8-6(9)4-2-1-3-5-7(10)11/h6-7H,1-5H2. The molecule has 0 aliphatic carbocycles. The summed E-state index contributed by atoms with van der Waals surface area (Å²) in [6, 6.07) is 0. The first kappa shape index (κ1) is 12.9. The average molecular weight is 416 g/mol. The molecule has 0 unspecified atom stereocenters. The second-order valence-electron chi connectivity index (χ2n) is 2.42. The largest absolute Gasteiger partial charge is 0.0765 e. The molecule has 0 saturated carbocycles. The van der Waals surface area contributed by atoms with E-state index in [1.54, 1.807) is 0 Å². The molecule has 0 amide bonds. The minimum atomic E-state index is 0.499. The Labute approximate surface area is 102 Å².